The number of nitrogen functional groups attached to an aromatic ring is 1. The molecular formula is C25H26FN5O4S. The van der Waals surface area contributed by atoms with E-state index in [1.54, 1.807) is 30.0 Å². The van der Waals surface area contributed by atoms with Crippen molar-refractivity contribution in [3.8, 4) is 28.5 Å². The molecule has 1 unspecified atom stereocenters. The summed E-state index contributed by atoms with van der Waals surface area (Å²) in [4.78, 5) is 15.9. The number of anilines is 1. The highest BCUT2D eigenvalue weighted by Crippen LogP contribution is 2.32. The number of aromatic amines is 1. The average Bonchev–Trinajstić information content (AvgIpc) is 3.56. The van der Waals surface area contributed by atoms with Gasteiger partial charge in [0, 0.05) is 23.3 Å². The molecule has 4 N–H and O–H groups in total. The fraction of sp³-hybridized carbons (Fsp3) is 0.320. The van der Waals surface area contributed by atoms with Gasteiger partial charge in [0.1, 0.15) is 24.0 Å². The number of pyridine rings is 1. The number of nitrogens with one attached hydrogen (secondary N) is 1. The summed E-state index contributed by atoms with van der Waals surface area (Å²) in [6.07, 6.45) is 5.42. The van der Waals surface area contributed by atoms with Gasteiger partial charge in [-0.3, -0.25) is 0 Å². The number of fused-ring (bicyclic) bond motifs is 2. The second-order valence-electron chi connectivity index (χ2n) is 8.53. The third-order valence-electron chi connectivity index (χ3n) is 5.88. The third kappa shape index (κ3) is 4.87. The Labute approximate surface area is 211 Å². The lowest BCUT2D eigenvalue weighted by Gasteiger charge is -2.16. The molecule has 5 heterocycles. The molecule has 0 spiro atoms. The third-order valence-corrected chi connectivity index (χ3v) is 5.88. The SMILES string of the molecule is CSC.Nc1cnc(-c2ccc(-c3nc4cc(O[C@@H]5COC6[C@H](O)CO[C@@H]65)[nH]c4cc3F)cc2)nc1. The van der Waals surface area contributed by atoms with Gasteiger partial charge in [0.2, 0.25) is 0 Å². The Kier molecular flexibility index (Phi) is 7.06. The summed E-state index contributed by atoms with van der Waals surface area (Å²) >= 11 is 1.75. The van der Waals surface area contributed by atoms with E-state index >= 15 is 0 Å². The maximum atomic E-state index is 14.9. The van der Waals surface area contributed by atoms with Crippen LogP contribution in [-0.4, -0.2) is 75.2 Å². The van der Waals surface area contributed by atoms with Crippen LogP contribution >= 0.6 is 11.8 Å². The van der Waals surface area contributed by atoms with Crippen LogP contribution in [0.3, 0.4) is 0 Å². The predicted octanol–water partition coefficient (Wildman–Crippen LogP) is 3.29. The summed E-state index contributed by atoms with van der Waals surface area (Å²) in [5, 5.41) is 9.88. The van der Waals surface area contributed by atoms with E-state index in [0.29, 0.717) is 40.6 Å². The van der Waals surface area contributed by atoms with E-state index in [-0.39, 0.29) is 30.6 Å². The molecule has 9 nitrogen and oxygen atoms in total. The number of H-pyrrole nitrogens is 1. The molecule has 4 atom stereocenters. The molecule has 0 radical (unpaired) electrons. The first kappa shape index (κ1) is 24.4. The highest BCUT2D eigenvalue weighted by Gasteiger charge is 2.48. The summed E-state index contributed by atoms with van der Waals surface area (Å²) in [7, 11) is 0. The standard InChI is InChI=1S/C23H20FN5O4.C2H6S/c24-14-5-15-16(6-19(28-15)33-18-10-32-21-17(30)9-31-22(18)21)29-20(14)11-1-3-12(4-2-11)23-26-7-13(25)8-27-23;1-3-2/h1-8,17-18,21-22,28,30H,9-10,25H2;1-2H3/t17-,18-,21?,22-;/m1./s1. The maximum Gasteiger partial charge on any atom is 0.193 e. The molecule has 2 fully saturated rings. The Bertz CT molecular complexity index is 1340. The summed E-state index contributed by atoms with van der Waals surface area (Å²) < 4.78 is 32.0. The second kappa shape index (κ2) is 10.4. The van der Waals surface area contributed by atoms with Gasteiger partial charge in [-0.05, 0) is 12.5 Å². The Balaban J connectivity index is 0.000000848. The molecule has 6 rings (SSSR count). The number of hydrogen-bond donors (Lipinski definition) is 3. The number of aromatic nitrogens is 4. The number of benzene rings is 1. The van der Waals surface area contributed by atoms with Gasteiger partial charge in [0.15, 0.2) is 23.6 Å². The minimum Gasteiger partial charge on any atom is -0.470 e. The molecule has 2 saturated heterocycles. The van der Waals surface area contributed by atoms with Gasteiger partial charge in [0.25, 0.3) is 0 Å². The molecule has 1 aromatic carbocycles. The summed E-state index contributed by atoms with van der Waals surface area (Å²) in [6.45, 7) is 0.528. The number of halogens is 1. The molecule has 0 bridgehead atoms. The van der Waals surface area contributed by atoms with E-state index in [1.165, 1.54) is 18.5 Å². The lowest BCUT2D eigenvalue weighted by molar-refractivity contribution is 0.00794. The number of rotatable bonds is 4. The van der Waals surface area contributed by atoms with Crippen molar-refractivity contribution >= 4 is 28.5 Å². The smallest absolute Gasteiger partial charge is 0.193 e. The fourth-order valence-electron chi connectivity index (χ4n) is 4.24. The van der Waals surface area contributed by atoms with Crippen molar-refractivity contribution in [2.75, 3.05) is 31.5 Å². The predicted molar refractivity (Wildman–Crippen MR) is 136 cm³/mol. The number of thioether (sulfide) groups is 1. The molecule has 2 aliphatic rings. The summed E-state index contributed by atoms with van der Waals surface area (Å²) in [5.74, 6) is 0.506. The van der Waals surface area contributed by atoms with Crippen molar-refractivity contribution in [2.24, 2.45) is 0 Å². The molecule has 36 heavy (non-hydrogen) atoms. The van der Waals surface area contributed by atoms with E-state index in [4.69, 9.17) is 19.9 Å². The maximum absolute atomic E-state index is 14.9. The lowest BCUT2D eigenvalue weighted by atomic mass is 10.1. The van der Waals surface area contributed by atoms with Crippen molar-refractivity contribution in [3.05, 3.63) is 54.6 Å². The molecule has 3 aromatic heterocycles. The molecular weight excluding hydrogens is 485 g/mol. The van der Waals surface area contributed by atoms with E-state index in [9.17, 15) is 9.50 Å². The number of ether oxygens (including phenoxy) is 3. The van der Waals surface area contributed by atoms with Crippen molar-refractivity contribution < 1.29 is 23.7 Å². The molecule has 0 amide bonds. The lowest BCUT2D eigenvalue weighted by Crippen LogP contribution is -2.34. The number of nitrogens with zero attached hydrogens (tertiary/aromatic N) is 3. The van der Waals surface area contributed by atoms with E-state index < -0.39 is 11.9 Å². The summed E-state index contributed by atoms with van der Waals surface area (Å²) in [5.41, 5.74) is 8.83. The molecule has 11 heteroatoms. The van der Waals surface area contributed by atoms with E-state index in [2.05, 4.69) is 19.9 Å². The van der Waals surface area contributed by atoms with Crippen LogP contribution in [0.15, 0.2) is 48.8 Å². The normalized spacial score (nSPS) is 22.8. The van der Waals surface area contributed by atoms with Gasteiger partial charge in [0.05, 0.1) is 42.3 Å². The van der Waals surface area contributed by atoms with Crippen LogP contribution in [-0.2, 0) is 9.47 Å². The van der Waals surface area contributed by atoms with Gasteiger partial charge < -0.3 is 30.0 Å². The topological polar surface area (TPSA) is 128 Å². The Morgan fingerprint density at radius 3 is 2.44 bits per heavy atom. The zero-order chi connectivity index (χ0) is 25.2. The van der Waals surface area contributed by atoms with Crippen LogP contribution in [0.25, 0.3) is 33.7 Å². The van der Waals surface area contributed by atoms with E-state index in [1.807, 2.05) is 24.6 Å². The first-order valence-corrected chi connectivity index (χ1v) is 13.0. The second-order valence-corrected chi connectivity index (χ2v) is 9.35. The first-order chi connectivity index (χ1) is 17.5. The molecule has 0 aliphatic carbocycles. The number of aliphatic hydroxyl groups excluding tert-OH is 1. The molecule has 4 aromatic rings. The van der Waals surface area contributed by atoms with Crippen molar-refractivity contribution in [1.29, 1.82) is 0 Å². The quantitative estimate of drug-likeness (QED) is 0.378. The highest BCUT2D eigenvalue weighted by molar-refractivity contribution is 7.97. The first-order valence-electron chi connectivity index (χ1n) is 11.3. The van der Waals surface area contributed by atoms with Crippen LogP contribution in [0.2, 0.25) is 0 Å². The van der Waals surface area contributed by atoms with E-state index in [0.717, 1.165) is 5.56 Å². The zero-order valence-electron chi connectivity index (χ0n) is 19.7. The van der Waals surface area contributed by atoms with Crippen molar-refractivity contribution in [1.82, 2.24) is 19.9 Å². The minimum atomic E-state index is -0.650. The molecule has 2 aliphatic heterocycles. The van der Waals surface area contributed by atoms with Gasteiger partial charge in [-0.1, -0.05) is 24.3 Å². The van der Waals surface area contributed by atoms with Gasteiger partial charge in [-0.25, -0.2) is 19.3 Å². The van der Waals surface area contributed by atoms with Crippen molar-refractivity contribution in [3.63, 3.8) is 0 Å². The highest BCUT2D eigenvalue weighted by atomic mass is 32.2. The van der Waals surface area contributed by atoms with Crippen LogP contribution in [0.1, 0.15) is 0 Å². The average molecular weight is 512 g/mol. The van der Waals surface area contributed by atoms with Gasteiger partial charge >= 0.3 is 0 Å². The Morgan fingerprint density at radius 1 is 1.06 bits per heavy atom. The zero-order valence-corrected chi connectivity index (χ0v) is 20.5. The number of hydrogen-bond acceptors (Lipinski definition) is 9. The molecule has 188 valence electrons. The fourth-order valence-corrected chi connectivity index (χ4v) is 4.24. The largest absolute Gasteiger partial charge is 0.470 e. The molecule has 0 saturated carbocycles. The Hall–Kier alpha value is -3.25. The van der Waals surface area contributed by atoms with Crippen molar-refractivity contribution in [2.45, 2.75) is 24.4 Å². The van der Waals surface area contributed by atoms with Crippen LogP contribution in [0.5, 0.6) is 5.88 Å². The van der Waals surface area contributed by atoms with Crippen LogP contribution in [0, 0.1) is 5.82 Å². The summed E-state index contributed by atoms with van der Waals surface area (Å²) in [6, 6.07) is 10.3. The number of nitrogens with two attached hydrogens (primary N) is 1. The van der Waals surface area contributed by atoms with Crippen LogP contribution < -0.4 is 10.5 Å². The van der Waals surface area contributed by atoms with Gasteiger partial charge in [-0.2, -0.15) is 11.8 Å². The van der Waals surface area contributed by atoms with Gasteiger partial charge in [-0.15, -0.1) is 0 Å². The Morgan fingerprint density at radius 2 is 1.72 bits per heavy atom. The number of aliphatic hydroxyl groups is 1. The minimum absolute atomic E-state index is 0.223. The van der Waals surface area contributed by atoms with Crippen LogP contribution in [0.4, 0.5) is 10.1 Å². The monoisotopic (exact) mass is 511 g/mol.